The molecule has 3 N–H and O–H groups in total. The summed E-state index contributed by atoms with van der Waals surface area (Å²) < 4.78 is 0. The van der Waals surface area contributed by atoms with Gasteiger partial charge in [0.05, 0.1) is 6.04 Å². The minimum absolute atomic E-state index is 0.0140. The standard InChI is InChI=1S/C18H22N2O/c1-14(20-18(21)8-5-13-19)15-9-11-17(12-10-15)16-6-3-2-4-7-16/h2-4,6-7,9-12,14H,5,8,13,19H2,1H3,(H,20,21). The fourth-order valence-electron chi connectivity index (χ4n) is 2.25. The quantitative estimate of drug-likeness (QED) is 0.854. The van der Waals surface area contributed by atoms with Crippen LogP contribution < -0.4 is 11.1 Å². The molecule has 0 radical (unpaired) electrons. The number of hydrogen-bond acceptors (Lipinski definition) is 2. The molecule has 1 amide bonds. The van der Waals surface area contributed by atoms with Gasteiger partial charge in [0.25, 0.3) is 0 Å². The fourth-order valence-corrected chi connectivity index (χ4v) is 2.25. The van der Waals surface area contributed by atoms with Crippen molar-refractivity contribution < 1.29 is 4.79 Å². The second kappa shape index (κ2) is 7.60. The maximum absolute atomic E-state index is 11.7. The summed E-state index contributed by atoms with van der Waals surface area (Å²) in [5, 5.41) is 3.00. The van der Waals surface area contributed by atoms with Crippen molar-refractivity contribution in [3.63, 3.8) is 0 Å². The molecule has 1 atom stereocenters. The van der Waals surface area contributed by atoms with Gasteiger partial charge in [-0.25, -0.2) is 0 Å². The van der Waals surface area contributed by atoms with Crippen LogP contribution in [0.25, 0.3) is 11.1 Å². The molecule has 21 heavy (non-hydrogen) atoms. The summed E-state index contributed by atoms with van der Waals surface area (Å²) in [6.45, 7) is 2.55. The van der Waals surface area contributed by atoms with Crippen molar-refractivity contribution in [2.45, 2.75) is 25.8 Å². The first kappa shape index (κ1) is 15.3. The zero-order valence-corrected chi connectivity index (χ0v) is 12.4. The molecular formula is C18H22N2O. The van der Waals surface area contributed by atoms with E-state index in [-0.39, 0.29) is 11.9 Å². The molecule has 2 aromatic carbocycles. The summed E-state index contributed by atoms with van der Waals surface area (Å²) >= 11 is 0. The number of nitrogens with one attached hydrogen (secondary N) is 1. The largest absolute Gasteiger partial charge is 0.350 e. The number of carbonyl (C=O) groups excluding carboxylic acids is 1. The van der Waals surface area contributed by atoms with Crippen LogP contribution in [0, 0.1) is 0 Å². The molecule has 1 unspecified atom stereocenters. The van der Waals surface area contributed by atoms with Gasteiger partial charge in [0.2, 0.25) is 5.91 Å². The molecule has 2 rings (SSSR count). The van der Waals surface area contributed by atoms with E-state index in [2.05, 4.69) is 41.7 Å². The number of amides is 1. The predicted octanol–water partition coefficient (Wildman–Crippen LogP) is 3.27. The summed E-state index contributed by atoms with van der Waals surface area (Å²) in [7, 11) is 0. The van der Waals surface area contributed by atoms with Crippen LogP contribution in [-0.4, -0.2) is 12.5 Å². The van der Waals surface area contributed by atoms with Crippen LogP contribution in [0.1, 0.15) is 31.4 Å². The average Bonchev–Trinajstić information content (AvgIpc) is 2.54. The topological polar surface area (TPSA) is 55.1 Å². The van der Waals surface area contributed by atoms with Gasteiger partial charge in [-0.3, -0.25) is 4.79 Å². The van der Waals surface area contributed by atoms with E-state index in [0.29, 0.717) is 13.0 Å². The zero-order chi connectivity index (χ0) is 15.1. The van der Waals surface area contributed by atoms with Crippen molar-refractivity contribution in [3.05, 3.63) is 60.2 Å². The monoisotopic (exact) mass is 282 g/mol. The molecule has 0 bridgehead atoms. The normalized spacial score (nSPS) is 11.9. The fraction of sp³-hybridized carbons (Fsp3) is 0.278. The molecule has 0 aliphatic carbocycles. The van der Waals surface area contributed by atoms with E-state index in [0.717, 1.165) is 12.0 Å². The summed E-state index contributed by atoms with van der Waals surface area (Å²) in [6.07, 6.45) is 1.22. The lowest BCUT2D eigenvalue weighted by Crippen LogP contribution is -2.26. The number of hydrogen-bond donors (Lipinski definition) is 2. The van der Waals surface area contributed by atoms with Crippen LogP contribution in [-0.2, 0) is 4.79 Å². The molecule has 0 fully saturated rings. The Hall–Kier alpha value is -2.13. The van der Waals surface area contributed by atoms with E-state index in [4.69, 9.17) is 5.73 Å². The molecule has 0 aliphatic rings. The Morgan fingerprint density at radius 3 is 2.29 bits per heavy atom. The smallest absolute Gasteiger partial charge is 0.220 e. The third-order valence-corrected chi connectivity index (χ3v) is 3.50. The molecule has 3 heteroatoms. The summed E-state index contributed by atoms with van der Waals surface area (Å²) in [5.74, 6) is 0.0556. The Morgan fingerprint density at radius 2 is 1.67 bits per heavy atom. The maximum atomic E-state index is 11.7. The van der Waals surface area contributed by atoms with Crippen molar-refractivity contribution in [1.29, 1.82) is 0 Å². The van der Waals surface area contributed by atoms with Crippen LogP contribution >= 0.6 is 0 Å². The lowest BCUT2D eigenvalue weighted by Gasteiger charge is -2.15. The van der Waals surface area contributed by atoms with E-state index >= 15 is 0 Å². The van der Waals surface area contributed by atoms with Crippen LogP contribution in [0.4, 0.5) is 0 Å². The summed E-state index contributed by atoms with van der Waals surface area (Å²) in [6, 6.07) is 18.6. The van der Waals surface area contributed by atoms with Crippen molar-refractivity contribution >= 4 is 5.91 Å². The van der Waals surface area contributed by atoms with Gasteiger partial charge < -0.3 is 11.1 Å². The Kier molecular flexibility index (Phi) is 5.52. The minimum Gasteiger partial charge on any atom is -0.350 e. The number of benzene rings is 2. The first-order valence-electron chi connectivity index (χ1n) is 7.35. The second-order valence-electron chi connectivity index (χ2n) is 5.17. The molecule has 0 aromatic heterocycles. The molecule has 0 aliphatic heterocycles. The van der Waals surface area contributed by atoms with Crippen molar-refractivity contribution in [1.82, 2.24) is 5.32 Å². The van der Waals surface area contributed by atoms with Gasteiger partial charge in [-0.15, -0.1) is 0 Å². The number of rotatable bonds is 6. The highest BCUT2D eigenvalue weighted by molar-refractivity contribution is 5.76. The molecule has 3 nitrogen and oxygen atoms in total. The van der Waals surface area contributed by atoms with Crippen LogP contribution in [0.15, 0.2) is 54.6 Å². The lowest BCUT2D eigenvalue weighted by atomic mass is 10.0. The highest BCUT2D eigenvalue weighted by Crippen LogP contribution is 2.21. The third kappa shape index (κ3) is 4.43. The van der Waals surface area contributed by atoms with Gasteiger partial charge in [-0.1, -0.05) is 54.6 Å². The van der Waals surface area contributed by atoms with E-state index in [1.807, 2.05) is 25.1 Å². The molecule has 0 saturated heterocycles. The van der Waals surface area contributed by atoms with Gasteiger partial charge >= 0.3 is 0 Å². The predicted molar refractivity (Wildman–Crippen MR) is 86.7 cm³/mol. The molecule has 0 spiro atoms. The number of carbonyl (C=O) groups is 1. The molecule has 2 aromatic rings. The van der Waals surface area contributed by atoms with Crippen molar-refractivity contribution in [2.24, 2.45) is 5.73 Å². The van der Waals surface area contributed by atoms with E-state index in [9.17, 15) is 4.79 Å². The van der Waals surface area contributed by atoms with Gasteiger partial charge in [0.1, 0.15) is 0 Å². The lowest BCUT2D eigenvalue weighted by molar-refractivity contribution is -0.121. The van der Waals surface area contributed by atoms with Gasteiger partial charge in [0.15, 0.2) is 0 Å². The van der Waals surface area contributed by atoms with Gasteiger partial charge in [-0.05, 0) is 36.6 Å². The third-order valence-electron chi connectivity index (χ3n) is 3.50. The first-order valence-corrected chi connectivity index (χ1v) is 7.35. The zero-order valence-electron chi connectivity index (χ0n) is 12.4. The van der Waals surface area contributed by atoms with E-state index < -0.39 is 0 Å². The Labute approximate surface area is 126 Å². The highest BCUT2D eigenvalue weighted by Gasteiger charge is 2.09. The van der Waals surface area contributed by atoms with Crippen molar-refractivity contribution in [2.75, 3.05) is 6.54 Å². The van der Waals surface area contributed by atoms with Gasteiger partial charge in [0, 0.05) is 6.42 Å². The van der Waals surface area contributed by atoms with Gasteiger partial charge in [-0.2, -0.15) is 0 Å². The Bertz CT molecular complexity index is 564. The summed E-state index contributed by atoms with van der Waals surface area (Å²) in [4.78, 5) is 11.7. The SMILES string of the molecule is CC(NC(=O)CCCN)c1ccc(-c2ccccc2)cc1. The minimum atomic E-state index is 0.0140. The summed E-state index contributed by atoms with van der Waals surface area (Å²) in [5.41, 5.74) is 8.90. The van der Waals surface area contributed by atoms with E-state index in [1.54, 1.807) is 0 Å². The average molecular weight is 282 g/mol. The Balaban J connectivity index is 2.00. The Morgan fingerprint density at radius 1 is 1.05 bits per heavy atom. The molecule has 0 heterocycles. The van der Waals surface area contributed by atoms with Crippen LogP contribution in [0.3, 0.4) is 0 Å². The molecule has 110 valence electrons. The highest BCUT2D eigenvalue weighted by atomic mass is 16.1. The van der Waals surface area contributed by atoms with Crippen LogP contribution in [0.2, 0.25) is 0 Å². The van der Waals surface area contributed by atoms with Crippen molar-refractivity contribution in [3.8, 4) is 11.1 Å². The van der Waals surface area contributed by atoms with Crippen LogP contribution in [0.5, 0.6) is 0 Å². The second-order valence-corrected chi connectivity index (χ2v) is 5.17. The maximum Gasteiger partial charge on any atom is 0.220 e. The van der Waals surface area contributed by atoms with E-state index in [1.165, 1.54) is 11.1 Å². The first-order chi connectivity index (χ1) is 10.2. The number of nitrogens with two attached hydrogens (primary N) is 1. The molecule has 0 saturated carbocycles. The molecular weight excluding hydrogens is 260 g/mol.